The van der Waals surface area contributed by atoms with Gasteiger partial charge < -0.3 is 14.6 Å². The van der Waals surface area contributed by atoms with E-state index in [1.807, 2.05) is 60.7 Å². The largest absolute Gasteiger partial charge is 0.371 e. The minimum absolute atomic E-state index is 0.596. The molecule has 1 N–H and O–H groups in total. The molecule has 0 radical (unpaired) electrons. The number of aliphatic hydroxyl groups is 1. The number of benzene rings is 2. The standard InChI is InChI=1S/C16H18O3/c1-18-15(13-9-5-3-6-10-13)16(17,19-2)14-11-7-4-8-12-14/h3-12,15,17H,1-2H3. The van der Waals surface area contributed by atoms with Crippen LogP contribution in [0.15, 0.2) is 60.7 Å². The quantitative estimate of drug-likeness (QED) is 0.838. The van der Waals surface area contributed by atoms with E-state index in [0.29, 0.717) is 5.56 Å². The van der Waals surface area contributed by atoms with Crippen molar-refractivity contribution in [2.75, 3.05) is 14.2 Å². The molecule has 0 spiro atoms. The minimum Gasteiger partial charge on any atom is -0.371 e. The molecule has 3 nitrogen and oxygen atoms in total. The van der Waals surface area contributed by atoms with Crippen molar-refractivity contribution in [2.45, 2.75) is 11.9 Å². The van der Waals surface area contributed by atoms with Crippen LogP contribution in [-0.4, -0.2) is 19.3 Å². The summed E-state index contributed by atoms with van der Waals surface area (Å²) in [5.41, 5.74) is 1.52. The highest BCUT2D eigenvalue weighted by Crippen LogP contribution is 2.37. The van der Waals surface area contributed by atoms with Crippen LogP contribution in [0.2, 0.25) is 0 Å². The monoisotopic (exact) mass is 258 g/mol. The zero-order valence-electron chi connectivity index (χ0n) is 11.1. The van der Waals surface area contributed by atoms with Gasteiger partial charge in [0.25, 0.3) is 0 Å². The van der Waals surface area contributed by atoms with Gasteiger partial charge in [0.2, 0.25) is 5.79 Å². The molecule has 0 aliphatic rings. The first kappa shape index (κ1) is 13.7. The van der Waals surface area contributed by atoms with Crippen LogP contribution in [0.4, 0.5) is 0 Å². The average molecular weight is 258 g/mol. The van der Waals surface area contributed by atoms with Crippen molar-refractivity contribution in [3.63, 3.8) is 0 Å². The van der Waals surface area contributed by atoms with Gasteiger partial charge in [-0.25, -0.2) is 0 Å². The first-order valence-corrected chi connectivity index (χ1v) is 6.13. The molecule has 0 fully saturated rings. The molecule has 2 unspecified atom stereocenters. The van der Waals surface area contributed by atoms with Gasteiger partial charge in [0.1, 0.15) is 6.10 Å². The predicted octanol–water partition coefficient (Wildman–Crippen LogP) is 2.87. The summed E-state index contributed by atoms with van der Waals surface area (Å²) in [4.78, 5) is 0. The molecular formula is C16H18O3. The normalized spacial score (nSPS) is 15.7. The Bertz CT molecular complexity index is 498. The van der Waals surface area contributed by atoms with Crippen LogP contribution in [-0.2, 0) is 15.3 Å². The highest BCUT2D eigenvalue weighted by molar-refractivity contribution is 5.27. The molecule has 0 heterocycles. The van der Waals surface area contributed by atoms with Crippen LogP contribution in [0.1, 0.15) is 17.2 Å². The molecule has 0 saturated heterocycles. The van der Waals surface area contributed by atoms with E-state index in [0.717, 1.165) is 5.56 Å². The zero-order valence-corrected chi connectivity index (χ0v) is 11.1. The number of ether oxygens (including phenoxy) is 2. The molecule has 2 aromatic rings. The van der Waals surface area contributed by atoms with Gasteiger partial charge in [-0.3, -0.25) is 0 Å². The summed E-state index contributed by atoms with van der Waals surface area (Å²) in [5, 5.41) is 10.9. The first-order valence-electron chi connectivity index (χ1n) is 6.13. The van der Waals surface area contributed by atoms with Crippen molar-refractivity contribution in [1.82, 2.24) is 0 Å². The lowest BCUT2D eigenvalue weighted by molar-refractivity contribution is -0.262. The smallest absolute Gasteiger partial charge is 0.223 e. The zero-order chi connectivity index (χ0) is 13.7. The number of methoxy groups -OCH3 is 2. The van der Waals surface area contributed by atoms with Gasteiger partial charge in [0.15, 0.2) is 0 Å². The summed E-state index contributed by atoms with van der Waals surface area (Å²) in [6, 6.07) is 18.8. The lowest BCUT2D eigenvalue weighted by atomic mass is 9.94. The van der Waals surface area contributed by atoms with E-state index in [1.165, 1.54) is 7.11 Å². The van der Waals surface area contributed by atoms with Crippen molar-refractivity contribution < 1.29 is 14.6 Å². The van der Waals surface area contributed by atoms with Crippen LogP contribution in [0.5, 0.6) is 0 Å². The Morgan fingerprint density at radius 1 is 0.895 bits per heavy atom. The SMILES string of the molecule is COC(c1ccccc1)C(O)(OC)c1ccccc1. The first-order chi connectivity index (χ1) is 9.22. The van der Waals surface area contributed by atoms with E-state index in [1.54, 1.807) is 7.11 Å². The minimum atomic E-state index is -1.52. The summed E-state index contributed by atoms with van der Waals surface area (Å²) in [5.74, 6) is -1.52. The Labute approximate surface area is 113 Å². The molecule has 100 valence electrons. The third kappa shape index (κ3) is 2.68. The average Bonchev–Trinajstić information content (AvgIpc) is 2.49. The molecule has 0 bridgehead atoms. The molecule has 2 rings (SSSR count). The van der Waals surface area contributed by atoms with Crippen LogP contribution in [0.3, 0.4) is 0 Å². The van der Waals surface area contributed by atoms with E-state index < -0.39 is 11.9 Å². The highest BCUT2D eigenvalue weighted by atomic mass is 16.6. The molecule has 0 aromatic heterocycles. The summed E-state index contributed by atoms with van der Waals surface area (Å²) in [6.45, 7) is 0. The summed E-state index contributed by atoms with van der Waals surface area (Å²) < 4.78 is 10.8. The lowest BCUT2D eigenvalue weighted by Crippen LogP contribution is -2.36. The molecule has 2 atom stereocenters. The van der Waals surface area contributed by atoms with Crippen LogP contribution in [0.25, 0.3) is 0 Å². The van der Waals surface area contributed by atoms with Crippen LogP contribution < -0.4 is 0 Å². The number of hydrogen-bond donors (Lipinski definition) is 1. The fourth-order valence-electron chi connectivity index (χ4n) is 2.20. The van der Waals surface area contributed by atoms with Gasteiger partial charge in [-0.15, -0.1) is 0 Å². The Morgan fingerprint density at radius 2 is 1.42 bits per heavy atom. The summed E-state index contributed by atoms with van der Waals surface area (Å²) >= 11 is 0. The van der Waals surface area contributed by atoms with Gasteiger partial charge >= 0.3 is 0 Å². The van der Waals surface area contributed by atoms with Gasteiger partial charge in [-0.1, -0.05) is 60.7 Å². The fraction of sp³-hybridized carbons (Fsp3) is 0.250. The fourth-order valence-corrected chi connectivity index (χ4v) is 2.20. The van der Waals surface area contributed by atoms with Crippen LogP contribution in [0, 0.1) is 0 Å². The maximum Gasteiger partial charge on any atom is 0.223 e. The second kappa shape index (κ2) is 5.97. The molecule has 0 aliphatic carbocycles. The second-order valence-corrected chi connectivity index (χ2v) is 4.29. The number of hydrogen-bond acceptors (Lipinski definition) is 3. The molecule has 2 aromatic carbocycles. The second-order valence-electron chi connectivity index (χ2n) is 4.29. The summed E-state index contributed by atoms with van der Waals surface area (Å²) in [7, 11) is 3.03. The molecule has 19 heavy (non-hydrogen) atoms. The topological polar surface area (TPSA) is 38.7 Å². The van der Waals surface area contributed by atoms with Crippen molar-refractivity contribution in [3.8, 4) is 0 Å². The number of rotatable bonds is 5. The molecule has 0 aliphatic heterocycles. The third-order valence-electron chi connectivity index (χ3n) is 3.19. The molecular weight excluding hydrogens is 240 g/mol. The van der Waals surface area contributed by atoms with Crippen molar-refractivity contribution >= 4 is 0 Å². The Balaban J connectivity index is 2.44. The van der Waals surface area contributed by atoms with Gasteiger partial charge in [0, 0.05) is 19.8 Å². The Kier molecular flexibility index (Phi) is 4.32. The van der Waals surface area contributed by atoms with Crippen molar-refractivity contribution in [1.29, 1.82) is 0 Å². The molecule has 0 saturated carbocycles. The van der Waals surface area contributed by atoms with Gasteiger partial charge in [-0.2, -0.15) is 0 Å². The summed E-state index contributed by atoms with van der Waals surface area (Å²) in [6.07, 6.45) is -0.596. The van der Waals surface area contributed by atoms with E-state index in [9.17, 15) is 5.11 Å². The van der Waals surface area contributed by atoms with E-state index in [2.05, 4.69) is 0 Å². The maximum atomic E-state index is 10.9. The third-order valence-corrected chi connectivity index (χ3v) is 3.19. The lowest BCUT2D eigenvalue weighted by Gasteiger charge is -2.34. The highest BCUT2D eigenvalue weighted by Gasteiger charge is 2.40. The van der Waals surface area contributed by atoms with E-state index in [4.69, 9.17) is 9.47 Å². The van der Waals surface area contributed by atoms with Crippen molar-refractivity contribution in [3.05, 3.63) is 71.8 Å². The van der Waals surface area contributed by atoms with E-state index in [-0.39, 0.29) is 0 Å². The van der Waals surface area contributed by atoms with Gasteiger partial charge in [-0.05, 0) is 5.56 Å². The van der Waals surface area contributed by atoms with Crippen molar-refractivity contribution in [2.24, 2.45) is 0 Å². The predicted molar refractivity (Wildman–Crippen MR) is 73.5 cm³/mol. The Morgan fingerprint density at radius 3 is 1.89 bits per heavy atom. The van der Waals surface area contributed by atoms with Gasteiger partial charge in [0.05, 0.1) is 0 Å². The molecule has 0 amide bonds. The Hall–Kier alpha value is -1.68. The van der Waals surface area contributed by atoms with E-state index >= 15 is 0 Å². The molecule has 3 heteroatoms. The maximum absolute atomic E-state index is 10.9. The van der Waals surface area contributed by atoms with Crippen LogP contribution >= 0.6 is 0 Å².